The Hall–Kier alpha value is -0.900. The molecule has 0 spiro atoms. The van der Waals surface area contributed by atoms with E-state index in [0.717, 1.165) is 30.2 Å². The number of nitrogens with two attached hydrogens (primary N) is 1. The highest BCUT2D eigenvalue weighted by Gasteiger charge is 2.47. The van der Waals surface area contributed by atoms with Crippen LogP contribution in [0.1, 0.15) is 67.7 Å². The third-order valence-corrected chi connectivity index (χ3v) is 6.42. The van der Waals surface area contributed by atoms with Gasteiger partial charge in [0.25, 0.3) is 0 Å². The summed E-state index contributed by atoms with van der Waals surface area (Å²) in [4.78, 5) is 17.7. The molecule has 1 amide bonds. The van der Waals surface area contributed by atoms with Crippen LogP contribution in [0.3, 0.4) is 0 Å². The maximum absolute atomic E-state index is 11.7. The maximum Gasteiger partial charge on any atom is 0.230 e. The van der Waals surface area contributed by atoms with Gasteiger partial charge in [0.05, 0.1) is 0 Å². The summed E-state index contributed by atoms with van der Waals surface area (Å²) in [5.74, 6) is 1.20. The van der Waals surface area contributed by atoms with Crippen molar-refractivity contribution >= 4 is 17.2 Å². The first-order valence-electron chi connectivity index (χ1n) is 7.39. The largest absolute Gasteiger partial charge is 0.369 e. The normalized spacial score (nSPS) is 29.7. The fraction of sp³-hybridized carbons (Fsp3) is 0.733. The lowest BCUT2D eigenvalue weighted by molar-refractivity contribution is -0.126. The van der Waals surface area contributed by atoms with E-state index in [9.17, 15) is 4.79 Å². The van der Waals surface area contributed by atoms with E-state index in [2.05, 4.69) is 11.9 Å². The number of rotatable bonds is 3. The van der Waals surface area contributed by atoms with Gasteiger partial charge in [-0.25, -0.2) is 4.98 Å². The molecule has 1 aromatic heterocycles. The van der Waals surface area contributed by atoms with Crippen LogP contribution in [0.25, 0.3) is 0 Å². The van der Waals surface area contributed by atoms with E-state index in [1.54, 1.807) is 11.3 Å². The molecule has 2 fully saturated rings. The highest BCUT2D eigenvalue weighted by atomic mass is 32.1. The quantitative estimate of drug-likeness (QED) is 0.922. The molecule has 2 aliphatic rings. The first-order valence-corrected chi connectivity index (χ1v) is 8.21. The number of aromatic nitrogens is 1. The summed E-state index contributed by atoms with van der Waals surface area (Å²) in [5.41, 5.74) is 5.18. The summed E-state index contributed by atoms with van der Waals surface area (Å²) >= 11 is 1.74. The number of carbonyl (C=O) groups excluding carboxylic acids is 1. The molecule has 0 radical (unpaired) electrons. The van der Waals surface area contributed by atoms with Crippen LogP contribution < -0.4 is 5.73 Å². The lowest BCUT2D eigenvalue weighted by atomic mass is 9.69. The summed E-state index contributed by atoms with van der Waals surface area (Å²) < 4.78 is 0. The minimum Gasteiger partial charge on any atom is -0.369 e. The van der Waals surface area contributed by atoms with Crippen LogP contribution in [0.4, 0.5) is 0 Å². The van der Waals surface area contributed by atoms with E-state index in [0.29, 0.717) is 5.92 Å². The van der Waals surface area contributed by atoms with E-state index >= 15 is 0 Å². The van der Waals surface area contributed by atoms with Crippen LogP contribution in [0, 0.1) is 5.92 Å². The first kappa shape index (κ1) is 13.1. The molecule has 1 aromatic rings. The van der Waals surface area contributed by atoms with Crippen molar-refractivity contribution in [3.8, 4) is 0 Å². The number of carbonyl (C=O) groups is 1. The number of hydrogen-bond acceptors (Lipinski definition) is 3. The minimum atomic E-state index is -0.430. The van der Waals surface area contributed by atoms with Crippen molar-refractivity contribution in [2.75, 3.05) is 0 Å². The minimum absolute atomic E-state index is 0.184. The van der Waals surface area contributed by atoms with E-state index in [1.807, 2.05) is 6.20 Å². The lowest BCUT2D eigenvalue weighted by Crippen LogP contribution is -2.46. The number of thiazole rings is 1. The van der Waals surface area contributed by atoms with Gasteiger partial charge in [-0.1, -0.05) is 32.6 Å². The van der Waals surface area contributed by atoms with Gasteiger partial charge in [0.2, 0.25) is 5.91 Å². The fourth-order valence-corrected chi connectivity index (χ4v) is 4.95. The van der Waals surface area contributed by atoms with Gasteiger partial charge in [-0.05, 0) is 31.1 Å². The highest BCUT2D eigenvalue weighted by Crippen LogP contribution is 2.47. The summed E-state index contributed by atoms with van der Waals surface area (Å²) in [6.45, 7) is 2.34. The van der Waals surface area contributed by atoms with Gasteiger partial charge in [-0.3, -0.25) is 4.79 Å². The topological polar surface area (TPSA) is 56.0 Å². The fourth-order valence-electron chi connectivity index (χ4n) is 3.51. The molecule has 0 bridgehead atoms. The van der Waals surface area contributed by atoms with Gasteiger partial charge in [0.1, 0.15) is 10.4 Å². The number of hydrogen-bond donors (Lipinski definition) is 1. The van der Waals surface area contributed by atoms with Crippen molar-refractivity contribution in [3.05, 3.63) is 16.1 Å². The molecule has 19 heavy (non-hydrogen) atoms. The van der Waals surface area contributed by atoms with Gasteiger partial charge >= 0.3 is 0 Å². The molecule has 0 aliphatic heterocycles. The maximum atomic E-state index is 11.7. The van der Waals surface area contributed by atoms with E-state index in [1.165, 1.54) is 30.6 Å². The van der Waals surface area contributed by atoms with Crippen LogP contribution in [0.5, 0.6) is 0 Å². The van der Waals surface area contributed by atoms with Crippen LogP contribution in [-0.2, 0) is 10.2 Å². The van der Waals surface area contributed by atoms with Gasteiger partial charge in [-0.2, -0.15) is 0 Å². The van der Waals surface area contributed by atoms with Crippen molar-refractivity contribution in [2.45, 2.75) is 63.2 Å². The van der Waals surface area contributed by atoms with E-state index in [-0.39, 0.29) is 5.91 Å². The second-order valence-corrected chi connectivity index (χ2v) is 7.30. The second-order valence-electron chi connectivity index (χ2n) is 6.24. The predicted molar refractivity (Wildman–Crippen MR) is 77.2 cm³/mol. The molecular weight excluding hydrogens is 256 g/mol. The Morgan fingerprint density at radius 1 is 1.37 bits per heavy atom. The molecule has 0 saturated heterocycles. The summed E-state index contributed by atoms with van der Waals surface area (Å²) in [7, 11) is 0. The third-order valence-electron chi connectivity index (χ3n) is 5.09. The Morgan fingerprint density at radius 2 is 2.11 bits per heavy atom. The zero-order valence-electron chi connectivity index (χ0n) is 11.5. The molecule has 2 aliphatic carbocycles. The zero-order chi connectivity index (χ0) is 13.5. The molecule has 2 saturated carbocycles. The van der Waals surface area contributed by atoms with Crippen LogP contribution in [0.15, 0.2) is 6.20 Å². The Bertz CT molecular complexity index is 478. The van der Waals surface area contributed by atoms with Crippen molar-refractivity contribution < 1.29 is 4.79 Å². The Kier molecular flexibility index (Phi) is 3.37. The Morgan fingerprint density at radius 3 is 2.68 bits per heavy atom. The standard InChI is InChI=1S/C15H22N2OS/c1-10-5-2-3-6-11(10)12-9-17-14(19-12)15(13(16)18)7-4-8-15/h9-11H,2-8H2,1H3,(H2,16,18)/t10-,11-/m0/s1. The van der Waals surface area contributed by atoms with Gasteiger partial charge in [-0.15, -0.1) is 11.3 Å². The van der Waals surface area contributed by atoms with Crippen molar-refractivity contribution in [2.24, 2.45) is 11.7 Å². The van der Waals surface area contributed by atoms with E-state index in [4.69, 9.17) is 5.73 Å². The average Bonchev–Trinajstić information content (AvgIpc) is 2.77. The Labute approximate surface area is 118 Å². The molecule has 3 rings (SSSR count). The van der Waals surface area contributed by atoms with Crippen LogP contribution >= 0.6 is 11.3 Å². The van der Waals surface area contributed by atoms with Gasteiger partial charge in [0.15, 0.2) is 0 Å². The summed E-state index contributed by atoms with van der Waals surface area (Å²) in [5, 5.41) is 0.971. The molecule has 2 atom stereocenters. The van der Waals surface area contributed by atoms with Crippen LogP contribution in [-0.4, -0.2) is 10.9 Å². The molecule has 3 nitrogen and oxygen atoms in total. The molecule has 0 aromatic carbocycles. The number of amides is 1. The van der Waals surface area contributed by atoms with Crippen molar-refractivity contribution in [3.63, 3.8) is 0 Å². The number of nitrogens with zero attached hydrogens (tertiary/aromatic N) is 1. The smallest absolute Gasteiger partial charge is 0.230 e. The molecule has 0 unspecified atom stereocenters. The molecule has 2 N–H and O–H groups in total. The van der Waals surface area contributed by atoms with Crippen molar-refractivity contribution in [1.29, 1.82) is 0 Å². The predicted octanol–water partition coefficient (Wildman–Crippen LogP) is 3.34. The second kappa shape index (κ2) is 4.89. The highest BCUT2D eigenvalue weighted by molar-refractivity contribution is 7.12. The molecule has 104 valence electrons. The van der Waals surface area contributed by atoms with Crippen LogP contribution in [0.2, 0.25) is 0 Å². The number of primary amides is 1. The average molecular weight is 278 g/mol. The van der Waals surface area contributed by atoms with Gasteiger partial charge in [0, 0.05) is 11.1 Å². The molecular formula is C15H22N2OS. The van der Waals surface area contributed by atoms with Gasteiger partial charge < -0.3 is 5.73 Å². The summed E-state index contributed by atoms with van der Waals surface area (Å²) in [6, 6.07) is 0. The summed E-state index contributed by atoms with van der Waals surface area (Å²) in [6.07, 6.45) is 10.1. The zero-order valence-corrected chi connectivity index (χ0v) is 12.3. The lowest BCUT2D eigenvalue weighted by Gasteiger charge is -2.36. The first-order chi connectivity index (χ1) is 9.13. The molecule has 1 heterocycles. The third kappa shape index (κ3) is 2.10. The Balaban J connectivity index is 1.85. The SMILES string of the molecule is C[C@H]1CCCC[C@@H]1c1cnc(C2(C(N)=O)CCC2)s1. The molecule has 4 heteroatoms. The van der Waals surface area contributed by atoms with Crippen molar-refractivity contribution in [1.82, 2.24) is 4.98 Å². The van der Waals surface area contributed by atoms with E-state index < -0.39 is 5.41 Å². The monoisotopic (exact) mass is 278 g/mol.